The van der Waals surface area contributed by atoms with E-state index in [0.29, 0.717) is 29.8 Å². The number of nitrogen functional groups attached to an aromatic ring is 1. The molecule has 4 rings (SSSR count). The van der Waals surface area contributed by atoms with Crippen LogP contribution < -0.4 is 15.2 Å². The molecule has 2 heterocycles. The molecule has 0 saturated carbocycles. The van der Waals surface area contributed by atoms with Crippen molar-refractivity contribution in [3.63, 3.8) is 0 Å². The van der Waals surface area contributed by atoms with Crippen LogP contribution in [0.15, 0.2) is 54.7 Å². The second-order valence-electron chi connectivity index (χ2n) is 7.15. The van der Waals surface area contributed by atoms with E-state index in [2.05, 4.69) is 15.0 Å². The lowest BCUT2D eigenvalue weighted by Crippen LogP contribution is -2.20. The predicted octanol–water partition coefficient (Wildman–Crippen LogP) is 3.01. The van der Waals surface area contributed by atoms with Gasteiger partial charge in [-0.25, -0.2) is 9.67 Å². The minimum atomic E-state index is 0.485. The Bertz CT molecular complexity index is 1170. The van der Waals surface area contributed by atoms with Crippen molar-refractivity contribution in [3.05, 3.63) is 54.7 Å². The summed E-state index contributed by atoms with van der Waals surface area (Å²) in [5.74, 6) is 2.36. The molecule has 0 saturated heterocycles. The number of hydrogen-bond donors (Lipinski definition) is 1. The zero-order valence-corrected chi connectivity index (χ0v) is 17.2. The van der Waals surface area contributed by atoms with Crippen LogP contribution in [-0.2, 0) is 0 Å². The molecule has 30 heavy (non-hydrogen) atoms. The Hall–Kier alpha value is -3.65. The number of hydrogen-bond acceptors (Lipinski definition) is 7. The molecule has 2 aromatic carbocycles. The molecule has 2 aromatic heterocycles. The monoisotopic (exact) mass is 404 g/mol. The van der Waals surface area contributed by atoms with Crippen LogP contribution in [0.25, 0.3) is 28.1 Å². The van der Waals surface area contributed by atoms with Crippen LogP contribution in [0, 0.1) is 0 Å². The van der Waals surface area contributed by atoms with Gasteiger partial charge in [-0.2, -0.15) is 10.1 Å². The maximum Gasteiger partial charge on any atom is 0.219 e. The van der Waals surface area contributed by atoms with Gasteiger partial charge >= 0.3 is 0 Å². The van der Waals surface area contributed by atoms with Crippen LogP contribution in [0.5, 0.6) is 11.6 Å². The largest absolute Gasteiger partial charge is 0.497 e. The molecule has 0 aliphatic carbocycles. The van der Waals surface area contributed by atoms with E-state index in [9.17, 15) is 0 Å². The van der Waals surface area contributed by atoms with Crippen molar-refractivity contribution in [2.75, 3.05) is 40.1 Å². The van der Waals surface area contributed by atoms with E-state index in [4.69, 9.17) is 20.2 Å². The maximum absolute atomic E-state index is 5.92. The van der Waals surface area contributed by atoms with Gasteiger partial charge in [-0.15, -0.1) is 0 Å². The first-order valence-corrected chi connectivity index (χ1v) is 9.58. The van der Waals surface area contributed by atoms with Crippen molar-refractivity contribution in [3.8, 4) is 28.8 Å². The van der Waals surface area contributed by atoms with Gasteiger partial charge in [0.1, 0.15) is 12.4 Å². The highest BCUT2D eigenvalue weighted by Gasteiger charge is 2.13. The Morgan fingerprint density at radius 2 is 1.93 bits per heavy atom. The Balaban J connectivity index is 1.80. The number of anilines is 1. The molecule has 0 unspecified atom stereocenters. The zero-order chi connectivity index (χ0) is 21.1. The third-order valence-corrected chi connectivity index (χ3v) is 4.61. The smallest absolute Gasteiger partial charge is 0.219 e. The van der Waals surface area contributed by atoms with Crippen LogP contribution in [0.3, 0.4) is 0 Å². The van der Waals surface area contributed by atoms with E-state index in [0.717, 1.165) is 28.8 Å². The first-order chi connectivity index (χ1) is 14.5. The summed E-state index contributed by atoms with van der Waals surface area (Å²) >= 11 is 0. The van der Waals surface area contributed by atoms with Crippen LogP contribution in [0.4, 0.5) is 5.69 Å². The summed E-state index contributed by atoms with van der Waals surface area (Å²) in [6, 6.07) is 15.1. The summed E-state index contributed by atoms with van der Waals surface area (Å²) in [5, 5.41) is 5.44. The van der Waals surface area contributed by atoms with E-state index in [1.54, 1.807) is 24.1 Å². The lowest BCUT2D eigenvalue weighted by atomic mass is 10.2. The van der Waals surface area contributed by atoms with Crippen LogP contribution in [-0.4, -0.2) is 59.0 Å². The second-order valence-corrected chi connectivity index (χ2v) is 7.15. The van der Waals surface area contributed by atoms with Gasteiger partial charge in [0.25, 0.3) is 0 Å². The molecule has 0 aliphatic rings. The molecular weight excluding hydrogens is 380 g/mol. The van der Waals surface area contributed by atoms with Gasteiger partial charge in [-0.3, -0.25) is 0 Å². The van der Waals surface area contributed by atoms with Crippen LogP contribution in [0.2, 0.25) is 0 Å². The molecule has 0 radical (unpaired) electrons. The van der Waals surface area contributed by atoms with Crippen LogP contribution in [0.1, 0.15) is 0 Å². The van der Waals surface area contributed by atoms with Crippen molar-refractivity contribution >= 4 is 16.6 Å². The standard InChI is InChI=1S/C22H24N6O2/c1-27(2)9-10-30-21-13-20(28-19-8-7-17(23)11-16(19)14-24-28)25-22(26-21)15-5-4-6-18(12-15)29-3/h4-8,11-14H,9-10,23H2,1-3H3. The SMILES string of the molecule is COc1cccc(-c2nc(OCCN(C)C)cc(-n3ncc4cc(N)ccc43)n2)c1. The van der Waals surface area contributed by atoms with Gasteiger partial charge in [-0.1, -0.05) is 12.1 Å². The number of likely N-dealkylation sites (N-methyl/N-ethyl adjacent to an activating group) is 1. The third-order valence-electron chi connectivity index (χ3n) is 4.61. The average Bonchev–Trinajstić information content (AvgIpc) is 3.16. The molecule has 4 aromatic rings. The number of nitrogens with zero attached hydrogens (tertiary/aromatic N) is 5. The number of aromatic nitrogens is 4. The molecule has 0 bridgehead atoms. The minimum Gasteiger partial charge on any atom is -0.497 e. The topological polar surface area (TPSA) is 91.3 Å². The Labute approximate surface area is 174 Å². The summed E-state index contributed by atoms with van der Waals surface area (Å²) < 4.78 is 13.0. The van der Waals surface area contributed by atoms with E-state index >= 15 is 0 Å². The lowest BCUT2D eigenvalue weighted by Gasteiger charge is -2.13. The van der Waals surface area contributed by atoms with Crippen molar-refractivity contribution < 1.29 is 9.47 Å². The third kappa shape index (κ3) is 4.18. The summed E-state index contributed by atoms with van der Waals surface area (Å²) in [6.07, 6.45) is 1.77. The van der Waals surface area contributed by atoms with Gasteiger partial charge in [-0.05, 0) is 44.4 Å². The number of nitrogens with two attached hydrogens (primary N) is 1. The molecule has 154 valence electrons. The molecule has 0 fully saturated rings. The summed E-state index contributed by atoms with van der Waals surface area (Å²) in [5.41, 5.74) is 8.32. The Morgan fingerprint density at radius 1 is 1.07 bits per heavy atom. The van der Waals surface area contributed by atoms with Crippen molar-refractivity contribution in [1.29, 1.82) is 0 Å². The molecule has 2 N–H and O–H groups in total. The molecule has 8 heteroatoms. The molecule has 0 amide bonds. The van der Waals surface area contributed by atoms with E-state index < -0.39 is 0 Å². The first-order valence-electron chi connectivity index (χ1n) is 9.58. The first kappa shape index (κ1) is 19.7. The number of methoxy groups -OCH3 is 1. The van der Waals surface area contributed by atoms with Crippen molar-refractivity contribution in [1.82, 2.24) is 24.6 Å². The van der Waals surface area contributed by atoms with Gasteiger partial charge < -0.3 is 20.1 Å². The zero-order valence-electron chi connectivity index (χ0n) is 17.2. The number of benzene rings is 2. The van der Waals surface area contributed by atoms with Gasteiger partial charge in [0, 0.05) is 29.2 Å². The quantitative estimate of drug-likeness (QED) is 0.473. The molecule has 8 nitrogen and oxygen atoms in total. The number of fused-ring (bicyclic) bond motifs is 1. The van der Waals surface area contributed by atoms with E-state index in [-0.39, 0.29) is 0 Å². The fourth-order valence-electron chi connectivity index (χ4n) is 3.05. The highest BCUT2D eigenvalue weighted by atomic mass is 16.5. The molecular formula is C22H24N6O2. The fraction of sp³-hybridized carbons (Fsp3) is 0.227. The van der Waals surface area contributed by atoms with E-state index in [1.807, 2.05) is 56.6 Å². The van der Waals surface area contributed by atoms with Gasteiger partial charge in [0.15, 0.2) is 11.6 Å². The number of ether oxygens (including phenoxy) is 2. The van der Waals surface area contributed by atoms with E-state index in [1.165, 1.54) is 0 Å². The highest BCUT2D eigenvalue weighted by Crippen LogP contribution is 2.26. The van der Waals surface area contributed by atoms with Crippen molar-refractivity contribution in [2.45, 2.75) is 0 Å². The van der Waals surface area contributed by atoms with Crippen molar-refractivity contribution in [2.24, 2.45) is 0 Å². The van der Waals surface area contributed by atoms with Crippen LogP contribution >= 0.6 is 0 Å². The average molecular weight is 404 g/mol. The maximum atomic E-state index is 5.92. The minimum absolute atomic E-state index is 0.485. The lowest BCUT2D eigenvalue weighted by molar-refractivity contribution is 0.253. The summed E-state index contributed by atoms with van der Waals surface area (Å²) in [6.45, 7) is 1.29. The highest BCUT2D eigenvalue weighted by molar-refractivity contribution is 5.83. The normalized spacial score (nSPS) is 11.2. The second kappa shape index (κ2) is 8.38. The Kier molecular flexibility index (Phi) is 5.49. The predicted molar refractivity (Wildman–Crippen MR) is 117 cm³/mol. The molecule has 0 atom stereocenters. The summed E-state index contributed by atoms with van der Waals surface area (Å²) in [7, 11) is 5.63. The fourth-order valence-corrected chi connectivity index (χ4v) is 3.05. The molecule has 0 spiro atoms. The molecule has 0 aliphatic heterocycles. The Morgan fingerprint density at radius 3 is 2.73 bits per heavy atom. The summed E-state index contributed by atoms with van der Waals surface area (Å²) in [4.78, 5) is 11.4. The van der Waals surface area contributed by atoms with Gasteiger partial charge in [0.05, 0.1) is 18.8 Å². The van der Waals surface area contributed by atoms with Gasteiger partial charge in [0.2, 0.25) is 5.88 Å². The number of rotatable bonds is 7.